The monoisotopic (exact) mass is 349 g/mol. The van der Waals surface area contributed by atoms with Crippen molar-refractivity contribution < 1.29 is 9.47 Å². The number of benzene rings is 1. The molecule has 2 aromatic rings. The molecule has 26 heavy (non-hydrogen) atoms. The summed E-state index contributed by atoms with van der Waals surface area (Å²) in [6, 6.07) is 8.79. The Kier molecular flexibility index (Phi) is 3.23. The molecule has 4 heterocycles. The standard InChI is InChI=1S/C21H23N3O2/c1-5-14-13(4)15-9-18-19(26-11-25-18)10-17(15)24-20-16(7-6-8-22-20)23(12(2)3)21(14)24/h5-10,12-14,21H,1,11H2,2-4H3. The van der Waals surface area contributed by atoms with Crippen LogP contribution in [0.4, 0.5) is 17.2 Å². The topological polar surface area (TPSA) is 37.8 Å². The summed E-state index contributed by atoms with van der Waals surface area (Å²) in [5.41, 5.74) is 3.60. The first-order chi connectivity index (χ1) is 12.6. The Morgan fingerprint density at radius 2 is 2.00 bits per heavy atom. The molecule has 3 atom stereocenters. The molecule has 3 aliphatic heterocycles. The third kappa shape index (κ3) is 1.88. The molecule has 0 saturated heterocycles. The van der Waals surface area contributed by atoms with Gasteiger partial charge in [-0.1, -0.05) is 13.0 Å². The number of ether oxygens (including phenoxy) is 2. The van der Waals surface area contributed by atoms with Crippen molar-refractivity contribution in [3.63, 3.8) is 0 Å². The molecule has 1 aromatic heterocycles. The lowest BCUT2D eigenvalue weighted by Crippen LogP contribution is -2.52. The van der Waals surface area contributed by atoms with Crippen molar-refractivity contribution in [1.82, 2.24) is 4.98 Å². The first-order valence-corrected chi connectivity index (χ1v) is 9.20. The number of fused-ring (bicyclic) bond motifs is 6. The molecule has 3 aliphatic rings. The molecule has 5 rings (SSSR count). The molecule has 0 spiro atoms. The molecular weight excluding hydrogens is 326 g/mol. The Bertz CT molecular complexity index is 895. The van der Waals surface area contributed by atoms with Crippen molar-refractivity contribution >= 4 is 17.2 Å². The highest BCUT2D eigenvalue weighted by atomic mass is 16.7. The second kappa shape index (κ2) is 5.40. The van der Waals surface area contributed by atoms with Gasteiger partial charge in [0.05, 0.1) is 11.4 Å². The Morgan fingerprint density at radius 1 is 1.23 bits per heavy atom. The minimum Gasteiger partial charge on any atom is -0.454 e. The van der Waals surface area contributed by atoms with Crippen LogP contribution in [0.2, 0.25) is 0 Å². The van der Waals surface area contributed by atoms with E-state index in [2.05, 4.69) is 61.4 Å². The minimum absolute atomic E-state index is 0.167. The lowest BCUT2D eigenvalue weighted by Gasteiger charge is -2.46. The third-order valence-electron chi connectivity index (χ3n) is 5.84. The zero-order chi connectivity index (χ0) is 18.0. The average molecular weight is 349 g/mol. The first-order valence-electron chi connectivity index (χ1n) is 9.20. The van der Waals surface area contributed by atoms with E-state index in [0.29, 0.717) is 12.0 Å². The van der Waals surface area contributed by atoms with Gasteiger partial charge in [-0.25, -0.2) is 4.98 Å². The van der Waals surface area contributed by atoms with Gasteiger partial charge in [0.15, 0.2) is 17.3 Å². The van der Waals surface area contributed by atoms with Gasteiger partial charge in [-0.15, -0.1) is 6.58 Å². The van der Waals surface area contributed by atoms with E-state index >= 15 is 0 Å². The van der Waals surface area contributed by atoms with Crippen LogP contribution in [0.3, 0.4) is 0 Å². The summed E-state index contributed by atoms with van der Waals surface area (Å²) in [5, 5.41) is 0. The second-order valence-corrected chi connectivity index (χ2v) is 7.50. The maximum Gasteiger partial charge on any atom is 0.231 e. The van der Waals surface area contributed by atoms with Crippen molar-refractivity contribution in [3.05, 3.63) is 48.7 Å². The molecule has 0 saturated carbocycles. The number of hydrogen-bond donors (Lipinski definition) is 0. The highest BCUT2D eigenvalue weighted by molar-refractivity contribution is 5.85. The smallest absolute Gasteiger partial charge is 0.231 e. The van der Waals surface area contributed by atoms with E-state index in [9.17, 15) is 0 Å². The fourth-order valence-electron chi connectivity index (χ4n) is 4.68. The van der Waals surface area contributed by atoms with Crippen LogP contribution in [0.15, 0.2) is 43.1 Å². The molecule has 0 radical (unpaired) electrons. The van der Waals surface area contributed by atoms with Gasteiger partial charge in [-0.3, -0.25) is 0 Å². The Morgan fingerprint density at radius 3 is 2.73 bits per heavy atom. The zero-order valence-corrected chi connectivity index (χ0v) is 15.3. The lowest BCUT2D eigenvalue weighted by molar-refractivity contribution is 0.174. The van der Waals surface area contributed by atoms with Crippen molar-refractivity contribution in [2.45, 2.75) is 38.9 Å². The normalized spacial score (nSPS) is 25.2. The van der Waals surface area contributed by atoms with Crippen molar-refractivity contribution in [2.75, 3.05) is 16.6 Å². The maximum absolute atomic E-state index is 5.66. The maximum atomic E-state index is 5.66. The van der Waals surface area contributed by atoms with Gasteiger partial charge in [0.2, 0.25) is 6.79 Å². The Labute approximate surface area is 153 Å². The van der Waals surface area contributed by atoms with Gasteiger partial charge in [0.25, 0.3) is 0 Å². The number of pyridine rings is 1. The molecule has 134 valence electrons. The van der Waals surface area contributed by atoms with Gasteiger partial charge < -0.3 is 19.3 Å². The van der Waals surface area contributed by atoms with Crippen LogP contribution < -0.4 is 19.3 Å². The molecule has 0 amide bonds. The molecule has 0 N–H and O–H groups in total. The largest absolute Gasteiger partial charge is 0.454 e. The molecule has 0 bridgehead atoms. The summed E-state index contributed by atoms with van der Waals surface area (Å²) < 4.78 is 11.3. The summed E-state index contributed by atoms with van der Waals surface area (Å²) in [6.45, 7) is 11.2. The Hall–Kier alpha value is -2.69. The van der Waals surface area contributed by atoms with Crippen LogP contribution in [0.25, 0.3) is 0 Å². The molecule has 0 fully saturated rings. The fraction of sp³-hybridized carbons (Fsp3) is 0.381. The SMILES string of the molecule is C=CC1C(C)c2cc3c(cc2N2c4ncccc4N(C(C)C)C12)OCO3. The summed E-state index contributed by atoms with van der Waals surface area (Å²) in [4.78, 5) is 9.57. The van der Waals surface area contributed by atoms with E-state index in [-0.39, 0.29) is 18.9 Å². The summed E-state index contributed by atoms with van der Waals surface area (Å²) >= 11 is 0. The van der Waals surface area contributed by atoms with Crippen LogP contribution in [0.1, 0.15) is 32.3 Å². The number of aromatic nitrogens is 1. The van der Waals surface area contributed by atoms with Gasteiger partial charge in [-0.05, 0) is 43.5 Å². The predicted molar refractivity (Wildman–Crippen MR) is 102 cm³/mol. The van der Waals surface area contributed by atoms with Crippen molar-refractivity contribution in [1.29, 1.82) is 0 Å². The first kappa shape index (κ1) is 15.6. The Balaban J connectivity index is 1.78. The van der Waals surface area contributed by atoms with Gasteiger partial charge in [0, 0.05) is 24.2 Å². The third-order valence-corrected chi connectivity index (χ3v) is 5.84. The van der Waals surface area contributed by atoms with Crippen LogP contribution >= 0.6 is 0 Å². The zero-order valence-electron chi connectivity index (χ0n) is 15.3. The summed E-state index contributed by atoms with van der Waals surface area (Å²) in [7, 11) is 0. The quantitative estimate of drug-likeness (QED) is 0.750. The molecule has 1 aromatic carbocycles. The van der Waals surface area contributed by atoms with Crippen LogP contribution in [-0.4, -0.2) is 24.0 Å². The summed E-state index contributed by atoms with van der Waals surface area (Å²) in [6.07, 6.45) is 4.13. The predicted octanol–water partition coefficient (Wildman–Crippen LogP) is 4.42. The van der Waals surface area contributed by atoms with Crippen LogP contribution in [0, 0.1) is 5.92 Å². The molecule has 5 heteroatoms. The molecular formula is C21H23N3O2. The average Bonchev–Trinajstić information content (AvgIpc) is 3.22. The van der Waals surface area contributed by atoms with Crippen molar-refractivity contribution in [2.24, 2.45) is 5.92 Å². The molecule has 5 nitrogen and oxygen atoms in total. The van der Waals surface area contributed by atoms with E-state index in [4.69, 9.17) is 14.5 Å². The van der Waals surface area contributed by atoms with E-state index in [0.717, 1.165) is 23.0 Å². The van der Waals surface area contributed by atoms with Gasteiger partial charge >= 0.3 is 0 Å². The van der Waals surface area contributed by atoms with Gasteiger partial charge in [-0.2, -0.15) is 0 Å². The van der Waals surface area contributed by atoms with Crippen molar-refractivity contribution in [3.8, 4) is 11.5 Å². The second-order valence-electron chi connectivity index (χ2n) is 7.50. The minimum atomic E-state index is 0.167. The molecule has 3 unspecified atom stereocenters. The lowest BCUT2D eigenvalue weighted by atomic mass is 9.80. The van der Waals surface area contributed by atoms with E-state index in [1.54, 1.807) is 0 Å². The fourth-order valence-corrected chi connectivity index (χ4v) is 4.68. The van der Waals surface area contributed by atoms with Gasteiger partial charge in [0.1, 0.15) is 6.17 Å². The van der Waals surface area contributed by atoms with E-state index in [1.165, 1.54) is 11.3 Å². The highest BCUT2D eigenvalue weighted by Crippen LogP contribution is 2.56. The number of hydrogen-bond acceptors (Lipinski definition) is 5. The number of nitrogens with zero attached hydrogens (tertiary/aromatic N) is 3. The molecule has 0 aliphatic carbocycles. The summed E-state index contributed by atoms with van der Waals surface area (Å²) in [5.74, 6) is 3.25. The van der Waals surface area contributed by atoms with E-state index in [1.807, 2.05) is 12.3 Å². The van der Waals surface area contributed by atoms with Crippen LogP contribution in [-0.2, 0) is 0 Å². The number of anilines is 3. The highest BCUT2D eigenvalue weighted by Gasteiger charge is 2.49. The van der Waals surface area contributed by atoms with E-state index < -0.39 is 0 Å². The van der Waals surface area contributed by atoms with Crippen LogP contribution in [0.5, 0.6) is 11.5 Å². The number of rotatable bonds is 2.